The van der Waals surface area contributed by atoms with Gasteiger partial charge in [0.2, 0.25) is 0 Å². The molecule has 0 aromatic heterocycles. The zero-order valence-corrected chi connectivity index (χ0v) is 10.8. The summed E-state index contributed by atoms with van der Waals surface area (Å²) in [5.74, 6) is 0.724. The first-order valence-corrected chi connectivity index (χ1v) is 5.96. The molecule has 0 spiro atoms. The molecule has 3 heteroatoms. The Bertz CT molecular complexity index is 372. The van der Waals surface area contributed by atoms with Crippen LogP contribution in [0.2, 0.25) is 0 Å². The van der Waals surface area contributed by atoms with E-state index >= 15 is 0 Å². The van der Waals surface area contributed by atoms with Gasteiger partial charge in [-0.15, -0.1) is 0 Å². The molecule has 0 aliphatic carbocycles. The number of aryl methyl sites for hydroxylation is 2. The first kappa shape index (κ1) is 13.6. The van der Waals surface area contributed by atoms with Gasteiger partial charge in [0, 0.05) is 6.42 Å². The second-order valence-electron chi connectivity index (χ2n) is 4.01. The van der Waals surface area contributed by atoms with E-state index < -0.39 is 0 Å². The third-order valence-corrected chi connectivity index (χ3v) is 2.61. The highest BCUT2D eigenvalue weighted by Crippen LogP contribution is 2.18. The van der Waals surface area contributed by atoms with E-state index in [0.717, 1.165) is 24.3 Å². The molecule has 1 aromatic carbocycles. The van der Waals surface area contributed by atoms with Gasteiger partial charge in [0.15, 0.2) is 0 Å². The Morgan fingerprint density at radius 1 is 1.35 bits per heavy atom. The highest BCUT2D eigenvalue weighted by molar-refractivity contribution is 5.69. The second kappa shape index (κ2) is 6.94. The van der Waals surface area contributed by atoms with Crippen LogP contribution in [0.1, 0.15) is 30.9 Å². The summed E-state index contributed by atoms with van der Waals surface area (Å²) in [6.45, 7) is 4.85. The van der Waals surface area contributed by atoms with Gasteiger partial charge in [-0.2, -0.15) is 0 Å². The molecule has 0 bridgehead atoms. The molecule has 0 fully saturated rings. The second-order valence-corrected chi connectivity index (χ2v) is 4.01. The summed E-state index contributed by atoms with van der Waals surface area (Å²) in [5.41, 5.74) is 2.32. The van der Waals surface area contributed by atoms with Crippen LogP contribution < -0.4 is 4.74 Å². The predicted octanol–water partition coefficient (Wildman–Crippen LogP) is 2.89. The number of benzene rings is 1. The topological polar surface area (TPSA) is 35.5 Å². The van der Waals surface area contributed by atoms with E-state index in [2.05, 4.69) is 11.7 Å². The van der Waals surface area contributed by atoms with Crippen molar-refractivity contribution in [3.8, 4) is 5.75 Å². The van der Waals surface area contributed by atoms with Crippen molar-refractivity contribution in [1.82, 2.24) is 0 Å². The Balaban J connectivity index is 2.59. The molecule has 0 radical (unpaired) electrons. The van der Waals surface area contributed by atoms with Crippen molar-refractivity contribution in [2.75, 3.05) is 13.7 Å². The fraction of sp³-hybridized carbons (Fsp3) is 0.500. The Kier molecular flexibility index (Phi) is 5.53. The van der Waals surface area contributed by atoms with Gasteiger partial charge in [-0.1, -0.05) is 13.0 Å². The van der Waals surface area contributed by atoms with Crippen molar-refractivity contribution < 1.29 is 14.3 Å². The third-order valence-electron chi connectivity index (χ3n) is 2.61. The first-order chi connectivity index (χ1) is 8.17. The molecule has 0 aliphatic heterocycles. The minimum atomic E-state index is -0.171. The molecule has 0 N–H and O–H groups in total. The number of carbonyl (C=O) groups excluding carboxylic acids is 1. The van der Waals surface area contributed by atoms with E-state index in [-0.39, 0.29) is 5.97 Å². The molecule has 3 nitrogen and oxygen atoms in total. The molecule has 1 rings (SSSR count). The number of esters is 1. The van der Waals surface area contributed by atoms with Gasteiger partial charge < -0.3 is 9.47 Å². The van der Waals surface area contributed by atoms with E-state index in [1.165, 1.54) is 12.7 Å². The van der Waals surface area contributed by atoms with Crippen LogP contribution in [0.5, 0.6) is 5.75 Å². The Morgan fingerprint density at radius 2 is 2.12 bits per heavy atom. The molecule has 0 unspecified atom stereocenters. The van der Waals surface area contributed by atoms with Crippen molar-refractivity contribution in [2.45, 2.75) is 33.1 Å². The zero-order chi connectivity index (χ0) is 12.7. The maximum Gasteiger partial charge on any atom is 0.305 e. The summed E-state index contributed by atoms with van der Waals surface area (Å²) < 4.78 is 10.2. The van der Waals surface area contributed by atoms with Crippen LogP contribution in [-0.2, 0) is 16.0 Å². The van der Waals surface area contributed by atoms with E-state index in [1.54, 1.807) is 0 Å². The van der Waals surface area contributed by atoms with Crippen LogP contribution in [0, 0.1) is 6.92 Å². The predicted molar refractivity (Wildman–Crippen MR) is 67.3 cm³/mol. The Morgan fingerprint density at radius 3 is 2.71 bits per heavy atom. The van der Waals surface area contributed by atoms with Crippen molar-refractivity contribution in [2.24, 2.45) is 0 Å². The van der Waals surface area contributed by atoms with Crippen LogP contribution >= 0.6 is 0 Å². The van der Waals surface area contributed by atoms with Gasteiger partial charge in [0.25, 0.3) is 0 Å². The quantitative estimate of drug-likeness (QED) is 0.712. The molecular weight excluding hydrogens is 216 g/mol. The Labute approximate surface area is 103 Å². The number of carbonyl (C=O) groups is 1. The molecule has 0 heterocycles. The highest BCUT2D eigenvalue weighted by atomic mass is 16.5. The maximum absolute atomic E-state index is 11.1. The van der Waals surface area contributed by atoms with E-state index in [1.807, 2.05) is 25.1 Å². The normalized spacial score (nSPS) is 10.1. The summed E-state index contributed by atoms with van der Waals surface area (Å²) in [5, 5.41) is 0. The minimum Gasteiger partial charge on any atom is -0.494 e. The van der Waals surface area contributed by atoms with Gasteiger partial charge in [-0.05, 0) is 43.0 Å². The first-order valence-electron chi connectivity index (χ1n) is 5.96. The van der Waals surface area contributed by atoms with Crippen molar-refractivity contribution >= 4 is 5.97 Å². The highest BCUT2D eigenvalue weighted by Gasteiger charge is 2.05. The SMILES string of the molecule is CCCOc1ccc(CCC(=O)OC)c(C)c1. The fourth-order valence-corrected chi connectivity index (χ4v) is 1.60. The van der Waals surface area contributed by atoms with Gasteiger partial charge in [-0.3, -0.25) is 4.79 Å². The average Bonchev–Trinajstić information content (AvgIpc) is 2.34. The molecular formula is C14H20O3. The summed E-state index contributed by atoms with van der Waals surface area (Å²) in [7, 11) is 1.41. The number of methoxy groups -OCH3 is 1. The van der Waals surface area contributed by atoms with E-state index in [0.29, 0.717) is 12.8 Å². The number of rotatable bonds is 6. The third kappa shape index (κ3) is 4.47. The largest absolute Gasteiger partial charge is 0.494 e. The van der Waals surface area contributed by atoms with E-state index in [4.69, 9.17) is 4.74 Å². The zero-order valence-electron chi connectivity index (χ0n) is 10.8. The monoisotopic (exact) mass is 236 g/mol. The molecule has 94 valence electrons. The van der Waals surface area contributed by atoms with Crippen LogP contribution in [0.3, 0.4) is 0 Å². The lowest BCUT2D eigenvalue weighted by Gasteiger charge is -2.09. The number of ether oxygens (including phenoxy) is 2. The van der Waals surface area contributed by atoms with Crippen LogP contribution in [0.25, 0.3) is 0 Å². The standard InChI is InChI=1S/C14H20O3/c1-4-9-17-13-7-5-12(11(2)10-13)6-8-14(15)16-3/h5,7,10H,4,6,8-9H2,1-3H3. The molecule has 0 aliphatic rings. The van der Waals surface area contributed by atoms with Crippen LogP contribution in [0.4, 0.5) is 0 Å². The van der Waals surface area contributed by atoms with Crippen molar-refractivity contribution in [3.05, 3.63) is 29.3 Å². The summed E-state index contributed by atoms with van der Waals surface area (Å²) in [6.07, 6.45) is 2.14. The van der Waals surface area contributed by atoms with E-state index in [9.17, 15) is 4.79 Å². The molecule has 0 atom stereocenters. The van der Waals surface area contributed by atoms with Gasteiger partial charge in [0.05, 0.1) is 13.7 Å². The number of hydrogen-bond acceptors (Lipinski definition) is 3. The smallest absolute Gasteiger partial charge is 0.305 e. The maximum atomic E-state index is 11.1. The summed E-state index contributed by atoms with van der Waals surface area (Å²) in [6, 6.07) is 5.99. The van der Waals surface area contributed by atoms with Crippen LogP contribution in [-0.4, -0.2) is 19.7 Å². The molecule has 0 saturated carbocycles. The molecule has 0 saturated heterocycles. The van der Waals surface area contributed by atoms with Gasteiger partial charge in [0.1, 0.15) is 5.75 Å². The molecule has 1 aromatic rings. The minimum absolute atomic E-state index is 0.171. The lowest BCUT2D eigenvalue weighted by molar-refractivity contribution is -0.140. The lowest BCUT2D eigenvalue weighted by Crippen LogP contribution is -2.03. The van der Waals surface area contributed by atoms with Gasteiger partial charge in [-0.25, -0.2) is 0 Å². The summed E-state index contributed by atoms with van der Waals surface area (Å²) >= 11 is 0. The Hall–Kier alpha value is -1.51. The van der Waals surface area contributed by atoms with Crippen LogP contribution in [0.15, 0.2) is 18.2 Å². The summed E-state index contributed by atoms with van der Waals surface area (Å²) in [4.78, 5) is 11.1. The lowest BCUT2D eigenvalue weighted by atomic mass is 10.0. The average molecular weight is 236 g/mol. The fourth-order valence-electron chi connectivity index (χ4n) is 1.60. The molecule has 0 amide bonds. The van der Waals surface area contributed by atoms with Gasteiger partial charge >= 0.3 is 5.97 Å². The number of hydrogen-bond donors (Lipinski definition) is 0. The molecule has 17 heavy (non-hydrogen) atoms. The van der Waals surface area contributed by atoms with Crippen molar-refractivity contribution in [3.63, 3.8) is 0 Å². The van der Waals surface area contributed by atoms with Crippen molar-refractivity contribution in [1.29, 1.82) is 0 Å².